The van der Waals surface area contributed by atoms with E-state index in [-0.39, 0.29) is 12.4 Å². The molecule has 1 aromatic carbocycles. The van der Waals surface area contributed by atoms with Crippen LogP contribution in [0, 0.1) is 0 Å². The molecule has 1 aliphatic heterocycles. The van der Waals surface area contributed by atoms with Gasteiger partial charge in [0.2, 0.25) is 0 Å². The number of nitrogens with one attached hydrogen (secondary N) is 1. The van der Waals surface area contributed by atoms with Gasteiger partial charge in [-0.05, 0) is 46.1 Å². The van der Waals surface area contributed by atoms with Crippen molar-refractivity contribution in [1.82, 2.24) is 5.32 Å². The van der Waals surface area contributed by atoms with E-state index >= 15 is 0 Å². The van der Waals surface area contributed by atoms with Gasteiger partial charge in [-0.25, -0.2) is 0 Å². The molecular formula is C9H11BrClNO. The smallest absolute Gasteiger partial charge is 0.130 e. The highest BCUT2D eigenvalue weighted by atomic mass is 79.9. The van der Waals surface area contributed by atoms with Crippen LogP contribution in [-0.4, -0.2) is 11.7 Å². The molecule has 0 unspecified atom stereocenters. The maximum absolute atomic E-state index is 9.40. The molecule has 72 valence electrons. The van der Waals surface area contributed by atoms with Crippen LogP contribution in [0.2, 0.25) is 0 Å². The number of hydrogen-bond acceptors (Lipinski definition) is 2. The number of phenolic OH excluding ortho intramolecular Hbond substituents is 1. The highest BCUT2D eigenvalue weighted by molar-refractivity contribution is 9.10. The summed E-state index contributed by atoms with van der Waals surface area (Å²) in [5, 5.41) is 12.7. The summed E-state index contributed by atoms with van der Waals surface area (Å²) in [6.45, 7) is 1.88. The first-order valence-electron chi connectivity index (χ1n) is 3.99. The average molecular weight is 265 g/mol. The van der Waals surface area contributed by atoms with Crippen molar-refractivity contribution in [2.45, 2.75) is 13.0 Å². The summed E-state index contributed by atoms with van der Waals surface area (Å²) in [5.74, 6) is 0.331. The zero-order valence-corrected chi connectivity index (χ0v) is 9.41. The minimum Gasteiger partial charge on any atom is -0.507 e. The Morgan fingerprint density at radius 1 is 1.38 bits per heavy atom. The van der Waals surface area contributed by atoms with E-state index in [2.05, 4.69) is 21.2 Å². The normalized spacial score (nSPS) is 14.5. The van der Waals surface area contributed by atoms with E-state index in [1.165, 1.54) is 11.1 Å². The first-order chi connectivity index (χ1) is 5.79. The Hall–Kier alpha value is -0.250. The molecule has 0 fully saturated rings. The van der Waals surface area contributed by atoms with E-state index in [0.29, 0.717) is 5.75 Å². The molecule has 1 aliphatic rings. The molecule has 0 spiro atoms. The van der Waals surface area contributed by atoms with Gasteiger partial charge in [0, 0.05) is 6.54 Å². The molecule has 0 aromatic heterocycles. The van der Waals surface area contributed by atoms with Gasteiger partial charge < -0.3 is 10.4 Å². The van der Waals surface area contributed by atoms with Crippen molar-refractivity contribution in [2.75, 3.05) is 6.54 Å². The highest BCUT2D eigenvalue weighted by Crippen LogP contribution is 2.31. The van der Waals surface area contributed by atoms with Gasteiger partial charge in [-0.2, -0.15) is 0 Å². The fraction of sp³-hybridized carbons (Fsp3) is 0.333. The molecule has 0 aliphatic carbocycles. The molecule has 0 saturated heterocycles. The van der Waals surface area contributed by atoms with Crippen LogP contribution in [0.1, 0.15) is 11.1 Å². The summed E-state index contributed by atoms with van der Waals surface area (Å²) >= 11 is 3.38. The van der Waals surface area contributed by atoms with Crippen molar-refractivity contribution < 1.29 is 5.11 Å². The molecule has 0 amide bonds. The van der Waals surface area contributed by atoms with E-state index in [1.54, 1.807) is 6.07 Å². The lowest BCUT2D eigenvalue weighted by Gasteiger charge is -2.18. The second kappa shape index (κ2) is 4.31. The molecule has 0 saturated carbocycles. The van der Waals surface area contributed by atoms with Gasteiger partial charge >= 0.3 is 0 Å². The van der Waals surface area contributed by atoms with Crippen molar-refractivity contribution in [1.29, 1.82) is 0 Å². The highest BCUT2D eigenvalue weighted by Gasteiger charge is 2.13. The summed E-state index contributed by atoms with van der Waals surface area (Å²) in [4.78, 5) is 0. The van der Waals surface area contributed by atoms with Crippen LogP contribution in [0.25, 0.3) is 0 Å². The Labute approximate surface area is 91.9 Å². The van der Waals surface area contributed by atoms with Crippen LogP contribution >= 0.6 is 28.3 Å². The van der Waals surface area contributed by atoms with E-state index in [1.807, 2.05) is 6.07 Å². The van der Waals surface area contributed by atoms with Crippen molar-refractivity contribution in [3.8, 4) is 5.75 Å². The maximum Gasteiger partial charge on any atom is 0.130 e. The Bertz CT molecular complexity index is 317. The Morgan fingerprint density at radius 2 is 2.15 bits per heavy atom. The topological polar surface area (TPSA) is 32.3 Å². The Kier molecular flexibility index (Phi) is 3.59. The lowest BCUT2D eigenvalue weighted by molar-refractivity contribution is 0.469. The van der Waals surface area contributed by atoms with E-state index in [0.717, 1.165) is 24.0 Å². The van der Waals surface area contributed by atoms with Crippen LogP contribution in [0.4, 0.5) is 0 Å². The third-order valence-electron chi connectivity index (χ3n) is 2.19. The zero-order chi connectivity index (χ0) is 8.55. The number of rotatable bonds is 0. The zero-order valence-electron chi connectivity index (χ0n) is 7.01. The van der Waals surface area contributed by atoms with E-state index in [4.69, 9.17) is 0 Å². The first-order valence-corrected chi connectivity index (χ1v) is 4.78. The Morgan fingerprint density at radius 3 is 2.92 bits per heavy atom. The number of halogens is 2. The van der Waals surface area contributed by atoms with Crippen molar-refractivity contribution in [2.24, 2.45) is 0 Å². The molecule has 1 heterocycles. The monoisotopic (exact) mass is 263 g/mol. The third-order valence-corrected chi connectivity index (χ3v) is 3.08. The standard InChI is InChI=1S/C9H10BrNO.ClH/c10-9-7-5-11-4-3-6(7)1-2-8(9)12;/h1-2,11-12H,3-5H2;1H. The molecule has 2 rings (SSSR count). The molecule has 1 aromatic rings. The largest absolute Gasteiger partial charge is 0.507 e. The van der Waals surface area contributed by atoms with Crippen molar-refractivity contribution in [3.05, 3.63) is 27.7 Å². The fourth-order valence-electron chi connectivity index (χ4n) is 1.51. The molecule has 0 atom stereocenters. The van der Waals surface area contributed by atoms with E-state index in [9.17, 15) is 5.11 Å². The second-order valence-electron chi connectivity index (χ2n) is 2.96. The van der Waals surface area contributed by atoms with Gasteiger partial charge in [-0.1, -0.05) is 6.07 Å². The van der Waals surface area contributed by atoms with Crippen LogP contribution in [-0.2, 0) is 13.0 Å². The van der Waals surface area contributed by atoms with Gasteiger partial charge in [0.25, 0.3) is 0 Å². The Balaban J connectivity index is 0.000000845. The number of aromatic hydroxyl groups is 1. The van der Waals surface area contributed by atoms with Gasteiger partial charge in [0.1, 0.15) is 5.75 Å². The van der Waals surface area contributed by atoms with Crippen LogP contribution in [0.5, 0.6) is 5.75 Å². The van der Waals surface area contributed by atoms with Crippen LogP contribution in [0.15, 0.2) is 16.6 Å². The number of benzene rings is 1. The quantitative estimate of drug-likeness (QED) is 0.753. The molecule has 0 radical (unpaired) electrons. The van der Waals surface area contributed by atoms with Gasteiger partial charge in [0.05, 0.1) is 4.47 Å². The summed E-state index contributed by atoms with van der Waals surface area (Å²) < 4.78 is 0.840. The van der Waals surface area contributed by atoms with Gasteiger partial charge in [0.15, 0.2) is 0 Å². The molecule has 4 heteroatoms. The maximum atomic E-state index is 9.40. The minimum absolute atomic E-state index is 0. The SMILES string of the molecule is Cl.Oc1ccc2c(c1Br)CNCC2. The fourth-order valence-corrected chi connectivity index (χ4v) is 2.04. The number of phenols is 1. The summed E-state index contributed by atoms with van der Waals surface area (Å²) in [6, 6.07) is 3.74. The molecule has 0 bridgehead atoms. The van der Waals surface area contributed by atoms with E-state index < -0.39 is 0 Å². The number of fused-ring (bicyclic) bond motifs is 1. The summed E-state index contributed by atoms with van der Waals surface area (Å²) in [6.07, 6.45) is 1.05. The lowest BCUT2D eigenvalue weighted by Crippen LogP contribution is -2.23. The molecule has 2 nitrogen and oxygen atoms in total. The van der Waals surface area contributed by atoms with Gasteiger partial charge in [-0.3, -0.25) is 0 Å². The minimum atomic E-state index is 0. The van der Waals surface area contributed by atoms with Crippen molar-refractivity contribution in [3.63, 3.8) is 0 Å². The summed E-state index contributed by atoms with van der Waals surface area (Å²) in [5.41, 5.74) is 2.53. The molecule has 13 heavy (non-hydrogen) atoms. The summed E-state index contributed by atoms with van der Waals surface area (Å²) in [7, 11) is 0. The van der Waals surface area contributed by atoms with Gasteiger partial charge in [-0.15, -0.1) is 12.4 Å². The number of hydrogen-bond donors (Lipinski definition) is 2. The lowest BCUT2D eigenvalue weighted by atomic mass is 10.0. The van der Waals surface area contributed by atoms with Crippen LogP contribution in [0.3, 0.4) is 0 Å². The third kappa shape index (κ3) is 1.98. The first kappa shape index (κ1) is 10.8. The predicted molar refractivity (Wildman–Crippen MR) is 58.5 cm³/mol. The predicted octanol–water partition coefficient (Wildman–Crippen LogP) is 2.22. The van der Waals surface area contributed by atoms with Crippen LogP contribution < -0.4 is 5.32 Å². The average Bonchev–Trinajstić information content (AvgIpc) is 2.12. The molecular weight excluding hydrogens is 253 g/mol. The molecule has 2 N–H and O–H groups in total. The van der Waals surface area contributed by atoms with Crippen molar-refractivity contribution >= 4 is 28.3 Å². The second-order valence-corrected chi connectivity index (χ2v) is 3.76.